The van der Waals surface area contributed by atoms with Crippen molar-refractivity contribution in [1.29, 1.82) is 0 Å². The molecule has 10 aromatic rings. The summed E-state index contributed by atoms with van der Waals surface area (Å²) in [7, 11) is 0. The van der Waals surface area contributed by atoms with Crippen molar-refractivity contribution in [2.45, 2.75) is 0 Å². The van der Waals surface area contributed by atoms with Crippen molar-refractivity contribution in [2.75, 3.05) is 4.90 Å². The largest absolute Gasteiger partial charge is 0.309 e. The SMILES string of the molecule is c1ccc(-c2cc(-c3cccc4sc5ccccc5c34)cc(N(c3ccc4ccccc4c3)c3cccc4c3sc3ccccc34)c2)cc1. The maximum Gasteiger partial charge on any atom is 0.0640 e. The first-order valence-electron chi connectivity index (χ1n) is 16.6. The van der Waals surface area contributed by atoms with Crippen molar-refractivity contribution in [1.82, 2.24) is 0 Å². The molecular weight excluding hydrogens is 631 g/mol. The lowest BCUT2D eigenvalue weighted by molar-refractivity contribution is 1.31. The molecule has 0 fully saturated rings. The van der Waals surface area contributed by atoms with Crippen molar-refractivity contribution in [3.63, 3.8) is 0 Å². The molecule has 0 bridgehead atoms. The van der Waals surface area contributed by atoms with Crippen LogP contribution in [0, 0.1) is 0 Å². The Hall–Kier alpha value is -5.74. The third-order valence-electron chi connectivity index (χ3n) is 9.61. The fourth-order valence-corrected chi connectivity index (χ4v) is 9.70. The molecule has 10 rings (SSSR count). The Morgan fingerprint density at radius 1 is 0.367 bits per heavy atom. The number of anilines is 3. The second-order valence-corrected chi connectivity index (χ2v) is 14.7. The highest BCUT2D eigenvalue weighted by Gasteiger charge is 2.21. The van der Waals surface area contributed by atoms with Crippen LogP contribution in [-0.2, 0) is 0 Å². The van der Waals surface area contributed by atoms with Crippen LogP contribution < -0.4 is 4.90 Å². The summed E-state index contributed by atoms with van der Waals surface area (Å²) < 4.78 is 5.22. The normalized spacial score (nSPS) is 11.7. The molecule has 0 amide bonds. The first kappa shape index (κ1) is 28.3. The van der Waals surface area contributed by atoms with Crippen LogP contribution in [0.25, 0.3) is 73.4 Å². The van der Waals surface area contributed by atoms with Gasteiger partial charge in [-0.2, -0.15) is 0 Å². The highest BCUT2D eigenvalue weighted by molar-refractivity contribution is 7.26. The van der Waals surface area contributed by atoms with Crippen molar-refractivity contribution in [2.24, 2.45) is 0 Å². The molecule has 49 heavy (non-hydrogen) atoms. The highest BCUT2D eigenvalue weighted by Crippen LogP contribution is 2.48. The van der Waals surface area contributed by atoms with E-state index in [4.69, 9.17) is 0 Å². The predicted molar refractivity (Wildman–Crippen MR) is 215 cm³/mol. The van der Waals surface area contributed by atoms with E-state index in [-0.39, 0.29) is 0 Å². The van der Waals surface area contributed by atoms with Crippen molar-refractivity contribution in [3.05, 3.63) is 176 Å². The van der Waals surface area contributed by atoms with Gasteiger partial charge in [-0.15, -0.1) is 22.7 Å². The Morgan fingerprint density at radius 2 is 1.04 bits per heavy atom. The molecule has 0 N–H and O–H groups in total. The number of hydrogen-bond donors (Lipinski definition) is 0. The standard InChI is InChI=1S/C46H29NS2/c1-2-12-30(13-3-1)33-26-34(37-18-11-23-44-45(37)40-17-7-9-22-43(40)48-44)29-36(28-33)47(35-25-24-31-14-4-5-15-32(31)27-35)41-20-10-19-39-38-16-6-8-21-42(38)49-46(39)41/h1-29H. The number of thiophene rings is 2. The maximum atomic E-state index is 2.48. The lowest BCUT2D eigenvalue weighted by Crippen LogP contribution is -2.10. The zero-order chi connectivity index (χ0) is 32.3. The Kier molecular flexibility index (Phi) is 6.61. The molecular formula is C46H29NS2. The van der Waals surface area contributed by atoms with Crippen LogP contribution in [0.2, 0.25) is 0 Å². The van der Waals surface area contributed by atoms with Crippen LogP contribution in [0.3, 0.4) is 0 Å². The molecule has 8 aromatic carbocycles. The third kappa shape index (κ3) is 4.74. The van der Waals surface area contributed by atoms with E-state index in [1.54, 1.807) is 0 Å². The van der Waals surface area contributed by atoms with E-state index in [1.807, 2.05) is 22.7 Å². The monoisotopic (exact) mass is 659 g/mol. The quantitative estimate of drug-likeness (QED) is 0.178. The lowest BCUT2D eigenvalue weighted by atomic mass is 9.94. The number of rotatable bonds is 5. The number of benzene rings is 8. The molecule has 2 heterocycles. The summed E-state index contributed by atoms with van der Waals surface area (Å²) in [5, 5.41) is 7.69. The van der Waals surface area contributed by atoms with Gasteiger partial charge in [0.2, 0.25) is 0 Å². The minimum Gasteiger partial charge on any atom is -0.309 e. The van der Waals surface area contributed by atoms with E-state index in [0.29, 0.717) is 0 Å². The fraction of sp³-hybridized carbons (Fsp3) is 0. The Labute approximate surface area is 292 Å². The minimum atomic E-state index is 1.13. The molecule has 0 unspecified atom stereocenters. The van der Waals surface area contributed by atoms with Crippen LogP contribution >= 0.6 is 22.7 Å². The van der Waals surface area contributed by atoms with Gasteiger partial charge in [0.1, 0.15) is 0 Å². The summed E-state index contributed by atoms with van der Waals surface area (Å²) in [6, 6.07) is 64.6. The molecule has 0 saturated heterocycles. The first-order valence-corrected chi connectivity index (χ1v) is 18.2. The molecule has 0 atom stereocenters. The second kappa shape index (κ2) is 11.5. The van der Waals surface area contributed by atoms with Crippen LogP contribution in [0.5, 0.6) is 0 Å². The summed E-state index contributed by atoms with van der Waals surface area (Å²) in [5.41, 5.74) is 8.31. The molecule has 230 valence electrons. The Morgan fingerprint density at radius 3 is 1.92 bits per heavy atom. The molecule has 0 saturated carbocycles. The summed E-state index contributed by atoms with van der Waals surface area (Å²) in [5.74, 6) is 0. The van der Waals surface area contributed by atoms with Crippen molar-refractivity contribution in [3.8, 4) is 22.3 Å². The van der Waals surface area contributed by atoms with Gasteiger partial charge in [-0.25, -0.2) is 0 Å². The molecule has 0 radical (unpaired) electrons. The van der Waals surface area contributed by atoms with E-state index in [9.17, 15) is 0 Å². The third-order valence-corrected chi connectivity index (χ3v) is 12.0. The Bertz CT molecular complexity index is 2840. The highest BCUT2D eigenvalue weighted by atomic mass is 32.1. The van der Waals surface area contributed by atoms with Gasteiger partial charge in [-0.05, 0) is 87.6 Å². The van der Waals surface area contributed by atoms with Gasteiger partial charge < -0.3 is 4.90 Å². The fourth-order valence-electron chi connectivity index (χ4n) is 7.36. The van der Waals surface area contributed by atoms with E-state index < -0.39 is 0 Å². The van der Waals surface area contributed by atoms with Crippen LogP contribution in [0.1, 0.15) is 0 Å². The molecule has 2 aromatic heterocycles. The van der Waals surface area contributed by atoms with Crippen molar-refractivity contribution >= 4 is 90.9 Å². The van der Waals surface area contributed by atoms with Gasteiger partial charge in [0, 0.05) is 47.0 Å². The summed E-state index contributed by atoms with van der Waals surface area (Å²) in [6.07, 6.45) is 0. The molecule has 0 aliphatic heterocycles. The molecule has 3 heteroatoms. The van der Waals surface area contributed by atoms with E-state index in [1.165, 1.54) is 79.1 Å². The van der Waals surface area contributed by atoms with E-state index >= 15 is 0 Å². The van der Waals surface area contributed by atoms with Gasteiger partial charge in [0.25, 0.3) is 0 Å². The number of nitrogens with zero attached hydrogens (tertiary/aromatic N) is 1. The van der Waals surface area contributed by atoms with Crippen LogP contribution in [-0.4, -0.2) is 0 Å². The van der Waals surface area contributed by atoms with Crippen molar-refractivity contribution < 1.29 is 0 Å². The predicted octanol–water partition coefficient (Wildman–Crippen LogP) is 14.4. The minimum absolute atomic E-state index is 1.13. The van der Waals surface area contributed by atoms with Gasteiger partial charge in [-0.1, -0.05) is 121 Å². The molecule has 0 spiro atoms. The number of fused-ring (bicyclic) bond motifs is 7. The molecule has 0 aliphatic carbocycles. The van der Waals surface area contributed by atoms with Crippen LogP contribution in [0.15, 0.2) is 176 Å². The summed E-state index contributed by atoms with van der Waals surface area (Å²) in [6.45, 7) is 0. The zero-order valence-electron chi connectivity index (χ0n) is 26.5. The molecule has 0 aliphatic rings. The van der Waals surface area contributed by atoms with E-state index in [0.717, 1.165) is 11.4 Å². The van der Waals surface area contributed by atoms with Gasteiger partial charge in [0.05, 0.1) is 10.4 Å². The average Bonchev–Trinajstić information content (AvgIpc) is 3.74. The van der Waals surface area contributed by atoms with Gasteiger partial charge >= 0.3 is 0 Å². The Balaban J connectivity index is 1.29. The maximum absolute atomic E-state index is 2.48. The van der Waals surface area contributed by atoms with Gasteiger partial charge in [-0.3, -0.25) is 0 Å². The van der Waals surface area contributed by atoms with Gasteiger partial charge in [0.15, 0.2) is 0 Å². The molecule has 1 nitrogen and oxygen atoms in total. The average molecular weight is 660 g/mol. The first-order chi connectivity index (χ1) is 24.3. The topological polar surface area (TPSA) is 3.24 Å². The number of hydrogen-bond acceptors (Lipinski definition) is 3. The van der Waals surface area contributed by atoms with E-state index in [2.05, 4.69) is 181 Å². The smallest absolute Gasteiger partial charge is 0.0640 e. The lowest BCUT2D eigenvalue weighted by Gasteiger charge is -2.28. The zero-order valence-corrected chi connectivity index (χ0v) is 28.1. The van der Waals surface area contributed by atoms with Crippen LogP contribution in [0.4, 0.5) is 17.1 Å². The summed E-state index contributed by atoms with van der Waals surface area (Å²) >= 11 is 3.75. The summed E-state index contributed by atoms with van der Waals surface area (Å²) in [4.78, 5) is 2.48. The second-order valence-electron chi connectivity index (χ2n) is 12.5.